The topological polar surface area (TPSA) is 107 Å². The van der Waals surface area contributed by atoms with E-state index in [-0.39, 0.29) is 86.4 Å². The fraction of sp³-hybridized carbons (Fsp3) is 0.938. The molecule has 0 atom stereocenters. The van der Waals surface area contributed by atoms with Crippen LogP contribution in [0.4, 0.5) is 0 Å². The van der Waals surface area contributed by atoms with Crippen LogP contribution in [-0.2, 0) is 111 Å². The van der Waals surface area contributed by atoms with Gasteiger partial charge in [-0.25, -0.2) is 14.4 Å². The van der Waals surface area contributed by atoms with Crippen molar-refractivity contribution in [3.63, 3.8) is 0 Å². The number of rotatable bonds is 48. The van der Waals surface area contributed by atoms with Crippen molar-refractivity contribution in [2.75, 3.05) is 0 Å². The second-order valence-corrected chi connectivity index (χ2v) is 16.9. The third-order valence-electron chi connectivity index (χ3n) is 11.1. The van der Waals surface area contributed by atoms with Crippen LogP contribution in [0.1, 0.15) is 290 Å². The molecule has 0 saturated carbocycles. The zero-order valence-corrected chi connectivity index (χ0v) is 46.4. The van der Waals surface area contributed by atoms with Gasteiger partial charge in [0.05, 0.1) is 0 Å². The van der Waals surface area contributed by atoms with E-state index < -0.39 is 25.2 Å². The van der Waals surface area contributed by atoms with E-state index in [9.17, 15) is 14.4 Å². The van der Waals surface area contributed by atoms with E-state index in [1.54, 1.807) is 0 Å². The Labute approximate surface area is 423 Å². The summed E-state index contributed by atoms with van der Waals surface area (Å²) in [5, 5.41) is 0. The Morgan fingerprint density at radius 3 is 0.574 bits per heavy atom. The smallest absolute Gasteiger partial charge is 0.308 e. The van der Waals surface area contributed by atoms with Gasteiger partial charge in [-0.3, -0.25) is 0 Å². The van der Waals surface area contributed by atoms with Gasteiger partial charge in [0.2, 0.25) is 0 Å². The summed E-state index contributed by atoms with van der Waals surface area (Å²) in [6.07, 6.45) is 47.7. The molecule has 3 radical (unpaired) electrons. The molecule has 0 amide bonds. The molecule has 0 spiro atoms. The second-order valence-electron chi connectivity index (χ2n) is 16.9. The van der Waals surface area contributed by atoms with Crippen molar-refractivity contribution in [2.45, 2.75) is 290 Å². The number of carbonyl (C=O) groups is 3. The van der Waals surface area contributed by atoms with Crippen LogP contribution in [0.25, 0.3) is 0 Å². The largest absolute Gasteiger partial charge is 0.754 e. The van der Waals surface area contributed by atoms with Gasteiger partial charge in [0.15, 0.2) is 0 Å². The van der Waals surface area contributed by atoms with E-state index in [1.807, 2.05) is 0 Å². The van der Waals surface area contributed by atoms with Gasteiger partial charge in [-0.15, -0.1) is 0 Å². The Morgan fingerprint density at radius 2 is 0.410 bits per heavy atom. The fourth-order valence-electron chi connectivity index (χ4n) is 7.31. The Bertz CT molecular complexity index is 782. The summed E-state index contributed by atoms with van der Waals surface area (Å²) in [4.78, 5) is 66.6. The predicted molar refractivity (Wildman–Crippen MR) is 238 cm³/mol. The van der Waals surface area contributed by atoms with Crippen molar-refractivity contribution in [3.05, 3.63) is 0 Å². The maximum absolute atomic E-state index is 12.4. The molecule has 0 aliphatic carbocycles. The monoisotopic (exact) mass is 1100 g/mol. The summed E-state index contributed by atoms with van der Waals surface area (Å²) in [6.45, 7) is 6.75. The molecule has 0 aromatic rings. The standard InChI is InChI=1S/C48H93BO9.3Nb/c1-4-7-10-13-16-19-22-25-28-31-34-37-40-43-46(50)53-56-49(57-54-47(51)44-41-38-35-32-29-26-23-20-17-14-11-8-5-2)58-55-48(52)45-42-39-36-33-30-27-24-21-18-15-12-9-6-3;;;/h4-45H2,1-3H3;;;. The maximum atomic E-state index is 12.4. The predicted octanol–water partition coefficient (Wildman–Crippen LogP) is 15.8. The quantitative estimate of drug-likeness (QED) is 0.0255. The minimum Gasteiger partial charge on any atom is -0.308 e. The van der Waals surface area contributed by atoms with Gasteiger partial charge in [-0.1, -0.05) is 252 Å². The molecular weight excluding hydrogens is 1010 g/mol. The van der Waals surface area contributed by atoms with E-state index in [0.717, 1.165) is 38.5 Å². The summed E-state index contributed by atoms with van der Waals surface area (Å²) in [5.41, 5.74) is 0. The van der Waals surface area contributed by atoms with Crippen molar-refractivity contribution in [2.24, 2.45) is 0 Å². The number of hydrogen-bond donors (Lipinski definition) is 0. The van der Waals surface area contributed by atoms with Crippen LogP contribution in [0, 0.1) is 0 Å². The molecular formula is C48H93BNb3O9. The third-order valence-corrected chi connectivity index (χ3v) is 11.1. The molecule has 0 aromatic heterocycles. The minimum absolute atomic E-state index is 0. The molecule has 13 heteroatoms. The van der Waals surface area contributed by atoms with Crippen LogP contribution in [0.3, 0.4) is 0 Å². The maximum Gasteiger partial charge on any atom is 0.754 e. The van der Waals surface area contributed by atoms with Crippen molar-refractivity contribution < 1.29 is 111 Å². The molecule has 0 fully saturated rings. The summed E-state index contributed by atoms with van der Waals surface area (Å²) in [6, 6.07) is 0. The Hall–Kier alpha value is 0.576. The van der Waals surface area contributed by atoms with Gasteiger partial charge in [0.25, 0.3) is 0 Å². The van der Waals surface area contributed by atoms with Crippen molar-refractivity contribution in [1.82, 2.24) is 0 Å². The van der Waals surface area contributed by atoms with Gasteiger partial charge in [0, 0.05) is 86.4 Å². The fourth-order valence-corrected chi connectivity index (χ4v) is 7.31. The van der Waals surface area contributed by atoms with Crippen molar-refractivity contribution >= 4 is 25.2 Å². The van der Waals surface area contributed by atoms with Gasteiger partial charge < -0.3 is 14.7 Å². The molecule has 9 nitrogen and oxygen atoms in total. The molecule has 357 valence electrons. The van der Waals surface area contributed by atoms with Crippen LogP contribution >= 0.6 is 0 Å². The number of carbonyl (C=O) groups excluding carboxylic acids is 3. The van der Waals surface area contributed by atoms with Crippen LogP contribution < -0.4 is 0 Å². The normalized spacial score (nSPS) is 10.7. The molecule has 0 aliphatic heterocycles. The summed E-state index contributed by atoms with van der Waals surface area (Å²) in [7, 11) is -1.85. The average molecular weight is 1100 g/mol. The number of unbranched alkanes of at least 4 members (excludes halogenated alkanes) is 36. The van der Waals surface area contributed by atoms with Gasteiger partial charge in [-0.2, -0.15) is 14.4 Å². The van der Waals surface area contributed by atoms with E-state index in [4.69, 9.17) is 29.1 Å². The first-order valence-corrected chi connectivity index (χ1v) is 25.1. The zero-order valence-electron chi connectivity index (χ0n) is 39.8. The zero-order chi connectivity index (χ0) is 42.3. The van der Waals surface area contributed by atoms with Gasteiger partial charge in [0.1, 0.15) is 0 Å². The molecule has 0 bridgehead atoms. The molecule has 0 saturated heterocycles. The number of hydrogen-bond acceptors (Lipinski definition) is 9. The molecule has 0 unspecified atom stereocenters. The van der Waals surface area contributed by atoms with E-state index in [0.29, 0.717) is 19.3 Å². The van der Waals surface area contributed by atoms with E-state index in [2.05, 4.69) is 20.8 Å². The SMILES string of the molecule is CCCCCCCCCCCCCCCC(=O)OOB(OOC(=O)CCCCCCCCCCCCCCC)OOC(=O)CCCCCCCCCCCCCCC.[Nb].[Nb].[Nb]. The van der Waals surface area contributed by atoms with Crippen LogP contribution in [0.15, 0.2) is 0 Å². The first kappa shape index (κ1) is 68.2. The third kappa shape index (κ3) is 56.6. The van der Waals surface area contributed by atoms with Crippen molar-refractivity contribution in [1.29, 1.82) is 0 Å². The second kappa shape index (κ2) is 58.6. The van der Waals surface area contributed by atoms with Crippen LogP contribution in [-0.4, -0.2) is 25.2 Å². The van der Waals surface area contributed by atoms with Crippen LogP contribution in [0.2, 0.25) is 0 Å². The Kier molecular flexibility index (Phi) is 65.5. The van der Waals surface area contributed by atoms with E-state index in [1.165, 1.54) is 193 Å². The summed E-state index contributed by atoms with van der Waals surface area (Å²) < 4.78 is 0. The average Bonchev–Trinajstić information content (AvgIpc) is 3.22. The molecule has 0 heterocycles. The van der Waals surface area contributed by atoms with Gasteiger partial charge >= 0.3 is 25.2 Å². The molecule has 61 heavy (non-hydrogen) atoms. The molecule has 0 N–H and O–H groups in total. The first-order chi connectivity index (χ1) is 28.5. The summed E-state index contributed by atoms with van der Waals surface area (Å²) >= 11 is 0. The molecule has 0 rings (SSSR count). The van der Waals surface area contributed by atoms with Gasteiger partial charge in [-0.05, 0) is 19.3 Å². The minimum atomic E-state index is -1.85. The molecule has 0 aliphatic rings. The van der Waals surface area contributed by atoms with E-state index >= 15 is 0 Å². The summed E-state index contributed by atoms with van der Waals surface area (Å²) in [5.74, 6) is -1.80. The molecule has 0 aromatic carbocycles. The first-order valence-electron chi connectivity index (χ1n) is 25.1. The Balaban J connectivity index is -0.00000541. The Morgan fingerprint density at radius 1 is 0.262 bits per heavy atom. The van der Waals surface area contributed by atoms with Crippen LogP contribution in [0.5, 0.6) is 0 Å². The van der Waals surface area contributed by atoms with Crippen molar-refractivity contribution in [3.8, 4) is 0 Å².